The van der Waals surface area contributed by atoms with Crippen LogP contribution in [0.25, 0.3) is 6.08 Å². The highest BCUT2D eigenvalue weighted by molar-refractivity contribution is 5.89. The molecule has 2 aromatic heterocycles. The molecule has 1 aliphatic heterocycles. The highest BCUT2D eigenvalue weighted by atomic mass is 16.5. The van der Waals surface area contributed by atoms with Crippen molar-refractivity contribution in [1.29, 1.82) is 0 Å². The molecule has 162 valence electrons. The minimum absolute atomic E-state index is 0.129. The molecule has 0 radical (unpaired) electrons. The van der Waals surface area contributed by atoms with E-state index in [1.165, 1.54) is 18.0 Å². The summed E-state index contributed by atoms with van der Waals surface area (Å²) >= 11 is 0. The van der Waals surface area contributed by atoms with Gasteiger partial charge in [0.1, 0.15) is 24.0 Å². The standard InChI is InChI=1S/C23H26N4O4/c1-17-14-27(23(28)26-21-13-25-31-16-21)8-7-20(17)10-18-4-2-6-22(11-18)29-9-3-5-19-12-24-30-15-19/h2,4,6,10-13,15-17H,3,5,7-9,14H2,1H3,(H,26,28). The summed E-state index contributed by atoms with van der Waals surface area (Å²) in [6, 6.07) is 7.99. The number of benzene rings is 1. The molecule has 1 fully saturated rings. The number of piperidine rings is 1. The Balaban J connectivity index is 1.29. The van der Waals surface area contributed by atoms with Gasteiger partial charge in [0.05, 0.1) is 19.0 Å². The van der Waals surface area contributed by atoms with Crippen LogP contribution in [0.15, 0.2) is 63.8 Å². The van der Waals surface area contributed by atoms with Gasteiger partial charge in [-0.2, -0.15) is 0 Å². The number of ether oxygens (including phenoxy) is 1. The summed E-state index contributed by atoms with van der Waals surface area (Å²) in [5.74, 6) is 1.13. The zero-order valence-electron chi connectivity index (χ0n) is 17.5. The summed E-state index contributed by atoms with van der Waals surface area (Å²) in [7, 11) is 0. The number of nitrogens with one attached hydrogen (secondary N) is 1. The van der Waals surface area contributed by atoms with Crippen LogP contribution in [0.3, 0.4) is 0 Å². The van der Waals surface area contributed by atoms with Crippen LogP contribution in [-0.4, -0.2) is 40.9 Å². The lowest BCUT2D eigenvalue weighted by Crippen LogP contribution is -2.42. The number of rotatable bonds is 7. The van der Waals surface area contributed by atoms with Crippen LogP contribution in [0.4, 0.5) is 10.5 Å². The Labute approximate surface area is 180 Å². The number of carbonyl (C=O) groups is 1. The van der Waals surface area contributed by atoms with Crippen LogP contribution < -0.4 is 10.1 Å². The molecule has 3 heterocycles. The first kappa shape index (κ1) is 20.7. The van der Waals surface area contributed by atoms with Crippen LogP contribution in [-0.2, 0) is 6.42 Å². The molecule has 4 rings (SSSR count). The normalized spacial score (nSPS) is 17.6. The van der Waals surface area contributed by atoms with Crippen molar-refractivity contribution >= 4 is 17.8 Å². The third-order valence-corrected chi connectivity index (χ3v) is 5.34. The molecule has 3 aromatic rings. The molecule has 1 N–H and O–H groups in total. The van der Waals surface area contributed by atoms with E-state index in [-0.39, 0.29) is 11.9 Å². The van der Waals surface area contributed by atoms with Crippen LogP contribution >= 0.6 is 0 Å². The van der Waals surface area contributed by atoms with Crippen molar-refractivity contribution in [2.45, 2.75) is 26.2 Å². The number of hydrogen-bond donors (Lipinski definition) is 1. The van der Waals surface area contributed by atoms with Crippen molar-refractivity contribution in [2.24, 2.45) is 5.92 Å². The summed E-state index contributed by atoms with van der Waals surface area (Å²) in [6.45, 7) is 4.13. The van der Waals surface area contributed by atoms with Gasteiger partial charge in [-0.05, 0) is 42.9 Å². The average Bonchev–Trinajstić information content (AvgIpc) is 3.47. The Kier molecular flexibility index (Phi) is 6.66. The molecule has 0 spiro atoms. The SMILES string of the molecule is CC1CN(C(=O)Nc2cnoc2)CCC1=Cc1cccc(OCCCc2cnoc2)c1. The first-order chi connectivity index (χ1) is 15.2. The van der Waals surface area contributed by atoms with Gasteiger partial charge < -0.3 is 24.0 Å². The number of aryl methyl sites for hydroxylation is 1. The Bertz CT molecular complexity index is 999. The van der Waals surface area contributed by atoms with Crippen molar-refractivity contribution in [3.05, 3.63) is 65.9 Å². The first-order valence-electron chi connectivity index (χ1n) is 10.4. The fourth-order valence-electron chi connectivity index (χ4n) is 3.64. The van der Waals surface area contributed by atoms with Gasteiger partial charge in [-0.25, -0.2) is 4.79 Å². The van der Waals surface area contributed by atoms with Crippen LogP contribution in [0, 0.1) is 5.92 Å². The van der Waals surface area contributed by atoms with Crippen molar-refractivity contribution in [1.82, 2.24) is 15.2 Å². The molecule has 0 bridgehead atoms. The third kappa shape index (κ3) is 5.75. The zero-order chi connectivity index (χ0) is 21.5. The lowest BCUT2D eigenvalue weighted by Gasteiger charge is -2.33. The first-order valence-corrected chi connectivity index (χ1v) is 10.4. The molecular weight excluding hydrogens is 396 g/mol. The van der Waals surface area contributed by atoms with Crippen LogP contribution in [0.2, 0.25) is 0 Å². The number of aromatic nitrogens is 2. The number of amides is 2. The summed E-state index contributed by atoms with van der Waals surface area (Å²) in [5.41, 5.74) is 4.09. The Morgan fingerprint density at radius 1 is 1.29 bits per heavy atom. The van der Waals surface area contributed by atoms with Crippen molar-refractivity contribution < 1.29 is 18.6 Å². The lowest BCUT2D eigenvalue weighted by molar-refractivity contribution is 0.198. The second kappa shape index (κ2) is 9.97. The molecule has 1 aromatic carbocycles. The van der Waals surface area contributed by atoms with E-state index in [2.05, 4.69) is 40.8 Å². The fraction of sp³-hybridized carbons (Fsp3) is 0.348. The molecule has 31 heavy (non-hydrogen) atoms. The molecule has 1 saturated heterocycles. The van der Waals surface area contributed by atoms with Gasteiger partial charge >= 0.3 is 6.03 Å². The van der Waals surface area contributed by atoms with Crippen molar-refractivity contribution in [3.8, 4) is 5.75 Å². The highest BCUT2D eigenvalue weighted by Gasteiger charge is 2.24. The van der Waals surface area contributed by atoms with E-state index in [0.29, 0.717) is 25.4 Å². The smallest absolute Gasteiger partial charge is 0.322 e. The largest absolute Gasteiger partial charge is 0.494 e. The second-order valence-corrected chi connectivity index (χ2v) is 7.72. The predicted octanol–water partition coefficient (Wildman–Crippen LogP) is 4.63. The number of hydrogen-bond acceptors (Lipinski definition) is 6. The molecule has 1 atom stereocenters. The third-order valence-electron chi connectivity index (χ3n) is 5.34. The molecule has 1 aliphatic rings. The summed E-state index contributed by atoms with van der Waals surface area (Å²) in [5, 5.41) is 10.1. The molecular formula is C23H26N4O4. The van der Waals surface area contributed by atoms with Gasteiger partial charge in [0.2, 0.25) is 0 Å². The van der Waals surface area contributed by atoms with E-state index in [4.69, 9.17) is 13.8 Å². The number of likely N-dealkylation sites (tertiary alicyclic amines) is 1. The number of nitrogens with zero attached hydrogens (tertiary/aromatic N) is 3. The topological polar surface area (TPSA) is 93.6 Å². The monoisotopic (exact) mass is 422 g/mol. The number of carbonyl (C=O) groups excluding carboxylic acids is 1. The molecule has 0 aliphatic carbocycles. The Morgan fingerprint density at radius 3 is 2.94 bits per heavy atom. The summed E-state index contributed by atoms with van der Waals surface area (Å²) < 4.78 is 15.5. The zero-order valence-corrected chi connectivity index (χ0v) is 17.5. The molecule has 0 saturated carbocycles. The van der Waals surface area contributed by atoms with E-state index >= 15 is 0 Å². The van der Waals surface area contributed by atoms with E-state index in [1.807, 2.05) is 17.0 Å². The predicted molar refractivity (Wildman–Crippen MR) is 116 cm³/mol. The Hall–Kier alpha value is -3.55. The quantitative estimate of drug-likeness (QED) is 0.558. The summed E-state index contributed by atoms with van der Waals surface area (Å²) in [6.07, 6.45) is 11.1. The van der Waals surface area contributed by atoms with Crippen LogP contribution in [0.1, 0.15) is 30.9 Å². The van der Waals surface area contributed by atoms with Crippen LogP contribution in [0.5, 0.6) is 5.75 Å². The molecule has 8 nitrogen and oxygen atoms in total. The van der Waals surface area contributed by atoms with Crippen molar-refractivity contribution in [3.63, 3.8) is 0 Å². The van der Waals surface area contributed by atoms with Gasteiger partial charge in [0.15, 0.2) is 0 Å². The number of anilines is 1. The summed E-state index contributed by atoms with van der Waals surface area (Å²) in [4.78, 5) is 14.2. The minimum atomic E-state index is -0.129. The second-order valence-electron chi connectivity index (χ2n) is 7.72. The van der Waals surface area contributed by atoms with E-state index < -0.39 is 0 Å². The lowest BCUT2D eigenvalue weighted by atomic mass is 9.91. The van der Waals surface area contributed by atoms with Gasteiger partial charge in [-0.15, -0.1) is 0 Å². The number of urea groups is 1. The molecule has 1 unspecified atom stereocenters. The molecule has 8 heteroatoms. The minimum Gasteiger partial charge on any atom is -0.494 e. The Morgan fingerprint density at radius 2 is 2.16 bits per heavy atom. The van der Waals surface area contributed by atoms with Gasteiger partial charge in [0, 0.05) is 18.7 Å². The van der Waals surface area contributed by atoms with Gasteiger partial charge in [-0.1, -0.05) is 41.0 Å². The fourth-order valence-corrected chi connectivity index (χ4v) is 3.64. The maximum atomic E-state index is 12.4. The molecule has 2 amide bonds. The maximum Gasteiger partial charge on any atom is 0.322 e. The average molecular weight is 422 g/mol. The van der Waals surface area contributed by atoms with E-state index in [0.717, 1.165) is 36.1 Å². The van der Waals surface area contributed by atoms with Gasteiger partial charge in [0.25, 0.3) is 0 Å². The van der Waals surface area contributed by atoms with Crippen molar-refractivity contribution in [2.75, 3.05) is 25.0 Å². The maximum absolute atomic E-state index is 12.4. The van der Waals surface area contributed by atoms with E-state index in [9.17, 15) is 4.79 Å². The van der Waals surface area contributed by atoms with E-state index in [1.54, 1.807) is 12.5 Å². The van der Waals surface area contributed by atoms with Gasteiger partial charge in [-0.3, -0.25) is 0 Å². The highest BCUT2D eigenvalue weighted by Crippen LogP contribution is 2.26.